The van der Waals surface area contributed by atoms with Crippen molar-refractivity contribution in [3.63, 3.8) is 0 Å². The molecule has 0 unspecified atom stereocenters. The summed E-state index contributed by atoms with van der Waals surface area (Å²) >= 11 is 0. The summed E-state index contributed by atoms with van der Waals surface area (Å²) < 4.78 is 22.2. The molecule has 1 aliphatic carbocycles. The highest BCUT2D eigenvalue weighted by molar-refractivity contribution is 7.70. The molecule has 2 heterocycles. The Morgan fingerprint density at radius 1 is 1.16 bits per heavy atom. The number of methoxy groups -OCH3 is 2. The van der Waals surface area contributed by atoms with Gasteiger partial charge in [0.2, 0.25) is 0 Å². The van der Waals surface area contributed by atoms with Gasteiger partial charge in [-0.3, -0.25) is 19.5 Å². The summed E-state index contributed by atoms with van der Waals surface area (Å²) in [5.74, 6) is 0.767. The normalized spacial score (nSPS) is 13.1. The summed E-state index contributed by atoms with van der Waals surface area (Å²) in [4.78, 5) is 37.5. The molecule has 1 aromatic carbocycles. The number of nitrogens with one attached hydrogen (secondary N) is 1. The van der Waals surface area contributed by atoms with Gasteiger partial charge in [-0.15, -0.1) is 0 Å². The minimum absolute atomic E-state index is 0.0140. The Kier molecular flexibility index (Phi) is 6.14. The van der Waals surface area contributed by atoms with Gasteiger partial charge in [0, 0.05) is 11.4 Å². The van der Waals surface area contributed by atoms with E-state index in [0.717, 1.165) is 12.8 Å². The topological polar surface area (TPSA) is 105 Å². The Morgan fingerprint density at radius 3 is 2.65 bits per heavy atom. The third-order valence-electron chi connectivity index (χ3n) is 4.74. The van der Waals surface area contributed by atoms with E-state index in [1.807, 2.05) is 5.38 Å². The van der Waals surface area contributed by atoms with E-state index in [-0.39, 0.29) is 30.8 Å². The largest absolute Gasteiger partial charge is 0.497 e. The lowest BCUT2D eigenvalue weighted by molar-refractivity contribution is -0.146. The predicted molar refractivity (Wildman–Crippen MR) is 116 cm³/mol. The second kappa shape index (κ2) is 8.98. The smallest absolute Gasteiger partial charge is 0.411 e. The number of hydrogen-bond donors (Lipinski definition) is 1. The van der Waals surface area contributed by atoms with Crippen LogP contribution < -0.4 is 20.3 Å². The van der Waals surface area contributed by atoms with Crippen LogP contribution in [0.15, 0.2) is 28.4 Å². The molecule has 0 atom stereocenters. The van der Waals surface area contributed by atoms with E-state index in [9.17, 15) is 14.4 Å². The van der Waals surface area contributed by atoms with Gasteiger partial charge in [-0.25, -0.2) is 4.79 Å². The van der Waals surface area contributed by atoms with Gasteiger partial charge < -0.3 is 18.9 Å². The molecule has 0 spiro atoms. The van der Waals surface area contributed by atoms with Crippen molar-refractivity contribution in [1.82, 2.24) is 4.57 Å². The fraction of sp³-hybridized carbons (Fsp3) is 0.350. The molecular weight excluding hydrogens is 444 g/mol. The number of rotatable bonds is 8. The highest BCUT2D eigenvalue weighted by atomic mass is 32.9. The average Bonchev–Trinajstić information content (AvgIpc) is 3.48. The van der Waals surface area contributed by atoms with Crippen molar-refractivity contribution in [2.24, 2.45) is 5.92 Å². The molecule has 9 nitrogen and oxygen atoms in total. The number of esters is 1. The molecule has 31 heavy (non-hydrogen) atoms. The summed E-state index contributed by atoms with van der Waals surface area (Å²) in [7, 11) is 5.85. The zero-order chi connectivity index (χ0) is 22.0. The van der Waals surface area contributed by atoms with Crippen LogP contribution in [0.25, 0.3) is 16.3 Å². The summed E-state index contributed by atoms with van der Waals surface area (Å²) in [5.41, 5.74) is 0.892. The maximum atomic E-state index is 13.2. The molecule has 3 aliphatic rings. The SMILES string of the molecule is COc1ccc(-n2c3cssc-3c(NC(=O)OCCOC(=O)C3CC3)c2=O)c(OC)c1. The number of nitrogens with zero attached hydrogens (tertiary/aromatic N) is 1. The van der Waals surface area contributed by atoms with Gasteiger partial charge in [0.15, 0.2) is 0 Å². The van der Waals surface area contributed by atoms with Crippen molar-refractivity contribution in [3.05, 3.63) is 33.9 Å². The number of fused-ring (bicyclic) bond motifs is 1. The molecule has 1 aromatic rings. The molecule has 11 heteroatoms. The van der Waals surface area contributed by atoms with Crippen LogP contribution in [-0.2, 0) is 14.3 Å². The second-order valence-corrected chi connectivity index (χ2v) is 8.85. The van der Waals surface area contributed by atoms with Crippen molar-refractivity contribution in [2.45, 2.75) is 12.8 Å². The second-order valence-electron chi connectivity index (χ2n) is 6.77. The highest BCUT2D eigenvalue weighted by Crippen LogP contribution is 2.40. The van der Waals surface area contributed by atoms with Crippen molar-refractivity contribution in [2.75, 3.05) is 32.8 Å². The van der Waals surface area contributed by atoms with Crippen molar-refractivity contribution in [3.8, 4) is 27.8 Å². The molecular formula is C20H20N2O7S2. The third kappa shape index (κ3) is 4.37. The van der Waals surface area contributed by atoms with Gasteiger partial charge in [-0.05, 0) is 25.0 Å². The zero-order valence-electron chi connectivity index (χ0n) is 16.8. The summed E-state index contributed by atoms with van der Waals surface area (Å²) in [6, 6.07) is 5.13. The first-order chi connectivity index (χ1) is 15.0. The van der Waals surface area contributed by atoms with Crippen molar-refractivity contribution in [1.29, 1.82) is 0 Å². The van der Waals surface area contributed by atoms with Gasteiger partial charge in [-0.1, -0.05) is 20.7 Å². The number of ether oxygens (including phenoxy) is 4. The number of aromatic nitrogens is 1. The standard InChI is InChI=1S/C20H20N2O7S2/c1-26-12-5-6-13(15(9-12)27-2)22-14-10-30-31-17(14)16(18(22)23)21-20(25)29-8-7-28-19(24)11-3-4-11/h5-6,9-11H,3-4,7-8H2,1-2H3,(H,21,25). The van der Waals surface area contributed by atoms with Crippen LogP contribution in [0.1, 0.15) is 12.8 Å². The number of anilines is 1. The van der Waals surface area contributed by atoms with E-state index in [1.54, 1.807) is 25.3 Å². The molecule has 0 radical (unpaired) electrons. The Balaban J connectivity index is 1.51. The quantitative estimate of drug-likeness (QED) is 0.309. The first-order valence-corrected chi connectivity index (χ1v) is 11.7. The Bertz CT molecular complexity index is 1130. The molecule has 1 saturated carbocycles. The van der Waals surface area contributed by atoms with E-state index >= 15 is 0 Å². The molecule has 4 rings (SSSR count). The van der Waals surface area contributed by atoms with Crippen LogP contribution in [-0.4, -0.2) is 44.1 Å². The lowest BCUT2D eigenvalue weighted by atomic mass is 10.2. The van der Waals surface area contributed by atoms with E-state index in [2.05, 4.69) is 5.32 Å². The molecule has 1 fully saturated rings. The third-order valence-corrected chi connectivity index (χ3v) is 6.81. The summed E-state index contributed by atoms with van der Waals surface area (Å²) in [6.07, 6.45) is 0.902. The fourth-order valence-corrected chi connectivity index (χ4v) is 5.23. The lowest BCUT2D eigenvalue weighted by Gasteiger charge is -2.11. The van der Waals surface area contributed by atoms with Crippen LogP contribution in [0.2, 0.25) is 0 Å². The van der Waals surface area contributed by atoms with Gasteiger partial charge in [0.1, 0.15) is 30.4 Å². The van der Waals surface area contributed by atoms with Gasteiger partial charge in [-0.2, -0.15) is 0 Å². The molecule has 1 N–H and O–H groups in total. The highest BCUT2D eigenvalue weighted by Gasteiger charge is 2.31. The maximum absolute atomic E-state index is 13.2. The first kappa shape index (κ1) is 21.2. The molecule has 0 aromatic heterocycles. The van der Waals surface area contributed by atoms with E-state index in [0.29, 0.717) is 27.8 Å². The maximum Gasteiger partial charge on any atom is 0.411 e. The minimum atomic E-state index is -0.793. The molecule has 0 bridgehead atoms. The number of amides is 1. The van der Waals surface area contributed by atoms with Gasteiger partial charge >= 0.3 is 12.1 Å². The lowest BCUT2D eigenvalue weighted by Crippen LogP contribution is -2.23. The first-order valence-electron chi connectivity index (χ1n) is 9.48. The molecule has 1 amide bonds. The molecule has 0 saturated heterocycles. The molecule has 164 valence electrons. The van der Waals surface area contributed by atoms with Crippen LogP contribution in [0.4, 0.5) is 10.5 Å². The summed E-state index contributed by atoms with van der Waals surface area (Å²) in [6.45, 7) is -0.116. The Morgan fingerprint density at radius 2 is 1.94 bits per heavy atom. The van der Waals surface area contributed by atoms with Crippen LogP contribution >= 0.6 is 20.7 Å². The monoisotopic (exact) mass is 464 g/mol. The number of hydrogen-bond acceptors (Lipinski definition) is 9. The molecule has 2 aliphatic heterocycles. The number of carbonyl (C=O) groups excluding carboxylic acids is 2. The fourth-order valence-electron chi connectivity index (χ4n) is 3.03. The number of benzene rings is 1. The van der Waals surface area contributed by atoms with Gasteiger partial charge in [0.05, 0.1) is 36.4 Å². The van der Waals surface area contributed by atoms with Crippen LogP contribution in [0.5, 0.6) is 11.5 Å². The van der Waals surface area contributed by atoms with E-state index in [4.69, 9.17) is 18.9 Å². The van der Waals surface area contributed by atoms with Crippen molar-refractivity contribution < 1.29 is 28.5 Å². The zero-order valence-corrected chi connectivity index (χ0v) is 18.5. The van der Waals surface area contributed by atoms with Crippen LogP contribution in [0.3, 0.4) is 0 Å². The average molecular weight is 465 g/mol. The Hall–Kier alpha value is -3.05. The van der Waals surface area contributed by atoms with Crippen molar-refractivity contribution >= 4 is 38.4 Å². The van der Waals surface area contributed by atoms with E-state index < -0.39 is 11.7 Å². The Labute approximate surface area is 184 Å². The van der Waals surface area contributed by atoms with E-state index in [1.165, 1.54) is 32.4 Å². The minimum Gasteiger partial charge on any atom is -0.497 e. The van der Waals surface area contributed by atoms with Gasteiger partial charge in [0.25, 0.3) is 5.56 Å². The van der Waals surface area contributed by atoms with Crippen LogP contribution in [0, 0.1) is 5.92 Å². The predicted octanol–water partition coefficient (Wildman–Crippen LogP) is 3.58. The summed E-state index contributed by atoms with van der Waals surface area (Å²) in [5, 5.41) is 4.36. The number of carbonyl (C=O) groups is 2.